The number of likely N-dealkylation sites (tertiary alicyclic amines) is 2. The number of hydrogen-bond donors (Lipinski definition) is 1. The van der Waals surface area contributed by atoms with Crippen LogP contribution in [-0.2, 0) is 14.4 Å². The van der Waals surface area contributed by atoms with Crippen LogP contribution in [0.25, 0.3) is 0 Å². The minimum atomic E-state index is -2.45. The summed E-state index contributed by atoms with van der Waals surface area (Å²) in [6, 6.07) is 4.94. The fraction of sp³-hybridized carbons (Fsp3) is 0.471. The van der Waals surface area contributed by atoms with Crippen LogP contribution >= 0.6 is 0 Å². The van der Waals surface area contributed by atoms with Gasteiger partial charge in [0, 0.05) is 26.4 Å². The number of nitrogens with zero attached hydrogens (tertiary/aromatic N) is 2. The Morgan fingerprint density at radius 1 is 1.28 bits per heavy atom. The Morgan fingerprint density at radius 2 is 1.92 bits per heavy atom. The quantitative estimate of drug-likeness (QED) is 0.891. The van der Waals surface area contributed by atoms with Gasteiger partial charge in [-0.25, -0.2) is 13.6 Å². The molecule has 0 spiro atoms. The standard InChI is InChI=1S/C17H18F2N2O4/c1-20-13(22)8-12(14(20)10-2-4-11(18)5-3-10)15(23)21-7-6-17(19,9-21)16(24)25/h2-5,12,14H,6-9H2,1H3,(H,24,25). The SMILES string of the molecule is CN1C(=O)CC(C(=O)N2CCC(F)(C(=O)O)C2)C1c1ccc(F)cc1. The van der Waals surface area contributed by atoms with Gasteiger partial charge < -0.3 is 14.9 Å². The highest BCUT2D eigenvalue weighted by atomic mass is 19.1. The Labute approximate surface area is 143 Å². The van der Waals surface area contributed by atoms with Gasteiger partial charge in [-0.05, 0) is 17.7 Å². The third-order valence-electron chi connectivity index (χ3n) is 5.03. The summed E-state index contributed by atoms with van der Waals surface area (Å²) >= 11 is 0. The molecule has 0 aliphatic carbocycles. The highest BCUT2D eigenvalue weighted by Gasteiger charge is 2.50. The monoisotopic (exact) mass is 352 g/mol. The maximum atomic E-state index is 14.2. The van der Waals surface area contributed by atoms with E-state index in [0.717, 1.165) is 0 Å². The molecule has 1 aromatic carbocycles. The number of alkyl halides is 1. The highest BCUT2D eigenvalue weighted by molar-refractivity contribution is 5.91. The van der Waals surface area contributed by atoms with Crippen LogP contribution in [0.1, 0.15) is 24.4 Å². The van der Waals surface area contributed by atoms with Crippen LogP contribution in [0.5, 0.6) is 0 Å². The summed E-state index contributed by atoms with van der Waals surface area (Å²) in [5.41, 5.74) is -1.84. The Morgan fingerprint density at radius 3 is 2.48 bits per heavy atom. The number of carboxylic acids is 1. The molecule has 1 aromatic rings. The molecule has 2 aliphatic heterocycles. The Balaban J connectivity index is 1.84. The van der Waals surface area contributed by atoms with Gasteiger partial charge in [0.05, 0.1) is 18.5 Å². The van der Waals surface area contributed by atoms with Gasteiger partial charge in [-0.1, -0.05) is 12.1 Å². The second-order valence-electron chi connectivity index (χ2n) is 6.59. The van der Waals surface area contributed by atoms with E-state index in [4.69, 9.17) is 5.11 Å². The predicted molar refractivity (Wildman–Crippen MR) is 82.7 cm³/mol. The summed E-state index contributed by atoms with van der Waals surface area (Å²) in [5, 5.41) is 8.97. The molecule has 3 unspecified atom stereocenters. The van der Waals surface area contributed by atoms with Crippen molar-refractivity contribution in [3.8, 4) is 0 Å². The van der Waals surface area contributed by atoms with Crippen molar-refractivity contribution in [3.63, 3.8) is 0 Å². The van der Waals surface area contributed by atoms with Crippen LogP contribution in [0.4, 0.5) is 8.78 Å². The second-order valence-corrected chi connectivity index (χ2v) is 6.59. The minimum absolute atomic E-state index is 0.00776. The molecule has 2 aliphatic rings. The molecule has 2 fully saturated rings. The number of carbonyl (C=O) groups is 3. The van der Waals surface area contributed by atoms with Crippen LogP contribution in [0.3, 0.4) is 0 Å². The van der Waals surface area contributed by atoms with Crippen LogP contribution in [-0.4, -0.2) is 58.5 Å². The molecule has 0 saturated carbocycles. The lowest BCUT2D eigenvalue weighted by Crippen LogP contribution is -2.42. The lowest BCUT2D eigenvalue weighted by molar-refractivity contribution is -0.150. The molecule has 0 radical (unpaired) electrons. The average molecular weight is 352 g/mol. The van der Waals surface area contributed by atoms with E-state index in [1.165, 1.54) is 34.1 Å². The van der Waals surface area contributed by atoms with E-state index in [2.05, 4.69) is 0 Å². The molecule has 8 heteroatoms. The predicted octanol–water partition coefficient (Wildman–Crippen LogP) is 1.37. The summed E-state index contributed by atoms with van der Waals surface area (Å²) in [4.78, 5) is 38.5. The van der Waals surface area contributed by atoms with Crippen molar-refractivity contribution in [2.45, 2.75) is 24.6 Å². The number of carboxylic acid groups (broad SMARTS) is 1. The van der Waals surface area contributed by atoms with Crippen molar-refractivity contribution < 1.29 is 28.3 Å². The molecule has 1 N–H and O–H groups in total. The first-order chi connectivity index (χ1) is 11.7. The van der Waals surface area contributed by atoms with Gasteiger partial charge >= 0.3 is 5.97 Å². The zero-order chi connectivity index (χ0) is 18.4. The zero-order valence-electron chi connectivity index (χ0n) is 13.6. The fourth-order valence-electron chi connectivity index (χ4n) is 3.58. The number of halogens is 2. The van der Waals surface area contributed by atoms with Gasteiger partial charge in [0.25, 0.3) is 0 Å². The number of rotatable bonds is 3. The smallest absolute Gasteiger partial charge is 0.343 e. The van der Waals surface area contributed by atoms with Crippen LogP contribution in [0, 0.1) is 11.7 Å². The lowest BCUT2D eigenvalue weighted by atomic mass is 9.92. The molecule has 0 bridgehead atoms. The normalized spacial score (nSPS) is 29.3. The second kappa shape index (κ2) is 6.09. The zero-order valence-corrected chi connectivity index (χ0v) is 13.6. The molecule has 3 rings (SSSR count). The van der Waals surface area contributed by atoms with Gasteiger partial charge in [0.2, 0.25) is 17.5 Å². The van der Waals surface area contributed by atoms with Gasteiger partial charge in [0.1, 0.15) is 5.82 Å². The Kier molecular flexibility index (Phi) is 4.22. The minimum Gasteiger partial charge on any atom is -0.479 e. The van der Waals surface area contributed by atoms with Crippen molar-refractivity contribution in [2.75, 3.05) is 20.1 Å². The van der Waals surface area contributed by atoms with Crippen molar-refractivity contribution in [1.29, 1.82) is 0 Å². The van der Waals surface area contributed by atoms with Crippen molar-refractivity contribution in [3.05, 3.63) is 35.6 Å². The topological polar surface area (TPSA) is 77.9 Å². The van der Waals surface area contributed by atoms with E-state index in [-0.39, 0.29) is 25.3 Å². The van der Waals surface area contributed by atoms with Gasteiger partial charge in [0.15, 0.2) is 0 Å². The Hall–Kier alpha value is -2.51. The summed E-state index contributed by atoms with van der Waals surface area (Å²) < 4.78 is 27.4. The largest absolute Gasteiger partial charge is 0.479 e. The molecular formula is C17H18F2N2O4. The summed E-state index contributed by atoms with van der Waals surface area (Å²) in [6.07, 6.45) is -0.313. The summed E-state index contributed by atoms with van der Waals surface area (Å²) in [5.74, 6) is -3.46. The maximum Gasteiger partial charge on any atom is 0.343 e. The van der Waals surface area contributed by atoms with E-state index in [0.29, 0.717) is 5.56 Å². The number of aliphatic carboxylic acids is 1. The molecular weight excluding hydrogens is 334 g/mol. The van der Waals surface area contributed by atoms with Gasteiger partial charge in [-0.3, -0.25) is 9.59 Å². The van der Waals surface area contributed by atoms with Crippen LogP contribution in [0.15, 0.2) is 24.3 Å². The first-order valence-corrected chi connectivity index (χ1v) is 7.95. The first kappa shape index (κ1) is 17.3. The van der Waals surface area contributed by atoms with Gasteiger partial charge in [-0.2, -0.15) is 0 Å². The van der Waals surface area contributed by atoms with E-state index >= 15 is 0 Å². The molecule has 2 amide bonds. The maximum absolute atomic E-state index is 14.2. The first-order valence-electron chi connectivity index (χ1n) is 7.95. The van der Waals surface area contributed by atoms with E-state index in [1.54, 1.807) is 7.05 Å². The third kappa shape index (κ3) is 2.96. The summed E-state index contributed by atoms with van der Waals surface area (Å²) in [6.45, 7) is -0.530. The average Bonchev–Trinajstić information content (AvgIpc) is 3.11. The van der Waals surface area contributed by atoms with E-state index < -0.39 is 41.9 Å². The molecule has 0 aromatic heterocycles. The van der Waals surface area contributed by atoms with Crippen molar-refractivity contribution in [2.24, 2.45) is 5.92 Å². The summed E-state index contributed by atoms with van der Waals surface area (Å²) in [7, 11) is 1.56. The van der Waals surface area contributed by atoms with Crippen molar-refractivity contribution in [1.82, 2.24) is 9.80 Å². The highest BCUT2D eigenvalue weighted by Crippen LogP contribution is 2.39. The van der Waals surface area contributed by atoms with Crippen molar-refractivity contribution >= 4 is 17.8 Å². The molecule has 6 nitrogen and oxygen atoms in total. The number of hydrogen-bond acceptors (Lipinski definition) is 3. The molecule has 3 atom stereocenters. The molecule has 2 saturated heterocycles. The van der Waals surface area contributed by atoms with E-state index in [9.17, 15) is 23.2 Å². The van der Waals surface area contributed by atoms with Crippen LogP contribution < -0.4 is 0 Å². The van der Waals surface area contributed by atoms with Gasteiger partial charge in [-0.15, -0.1) is 0 Å². The number of benzene rings is 1. The fourth-order valence-corrected chi connectivity index (χ4v) is 3.58. The number of amides is 2. The lowest BCUT2D eigenvalue weighted by Gasteiger charge is -2.28. The third-order valence-corrected chi connectivity index (χ3v) is 5.03. The number of carbonyl (C=O) groups excluding carboxylic acids is 2. The van der Waals surface area contributed by atoms with Crippen LogP contribution in [0.2, 0.25) is 0 Å². The molecule has 134 valence electrons. The molecule has 2 heterocycles. The molecule has 25 heavy (non-hydrogen) atoms. The van der Waals surface area contributed by atoms with E-state index in [1.807, 2.05) is 0 Å². The Bertz CT molecular complexity index is 724.